The average Bonchev–Trinajstić information content (AvgIpc) is 2.59. The predicted octanol–water partition coefficient (Wildman–Crippen LogP) is 0.723. The van der Waals surface area contributed by atoms with E-state index in [1.54, 1.807) is 7.11 Å². The molecule has 0 aromatic carbocycles. The molecule has 0 spiro atoms. The lowest BCUT2D eigenvalue weighted by Gasteiger charge is -2.18. The van der Waals surface area contributed by atoms with Gasteiger partial charge in [-0.05, 0) is 5.16 Å². The number of methoxy groups -OCH3 is 1. The van der Waals surface area contributed by atoms with Crippen molar-refractivity contribution in [2.45, 2.75) is 13.0 Å². The van der Waals surface area contributed by atoms with Gasteiger partial charge in [-0.3, -0.25) is 5.01 Å². The monoisotopic (exact) mass is 183 g/mol. The Labute approximate surface area is 74.4 Å². The molecule has 13 heavy (non-hydrogen) atoms. The summed E-state index contributed by atoms with van der Waals surface area (Å²) >= 11 is 0. The quantitative estimate of drug-likeness (QED) is 0.632. The van der Waals surface area contributed by atoms with E-state index in [0.29, 0.717) is 31.2 Å². The van der Waals surface area contributed by atoms with Gasteiger partial charge in [0.2, 0.25) is 0 Å². The molecular formula is C7H9N3O3. The van der Waals surface area contributed by atoms with Crippen LogP contribution in [-0.4, -0.2) is 23.8 Å². The Morgan fingerprint density at radius 3 is 3.23 bits per heavy atom. The maximum Gasteiger partial charge on any atom is 0.257 e. The standard InChI is InChI=1S/C7H9N3O3/c1-12-7-5-2-3-10(9-11)4-6(5)13-8-7/h2-4H2,1H3. The first kappa shape index (κ1) is 8.03. The number of nitrogens with zero attached hydrogens (tertiary/aromatic N) is 3. The SMILES string of the molecule is COc1noc2c1CCN(N=O)C2. The topological polar surface area (TPSA) is 67.9 Å². The first-order valence-electron chi connectivity index (χ1n) is 3.94. The zero-order chi connectivity index (χ0) is 9.26. The van der Waals surface area contributed by atoms with Crippen molar-refractivity contribution in [3.05, 3.63) is 16.2 Å². The van der Waals surface area contributed by atoms with Crippen LogP contribution in [-0.2, 0) is 13.0 Å². The van der Waals surface area contributed by atoms with E-state index in [9.17, 15) is 4.91 Å². The highest BCUT2D eigenvalue weighted by Crippen LogP contribution is 2.26. The summed E-state index contributed by atoms with van der Waals surface area (Å²) in [6.45, 7) is 0.975. The molecule has 0 saturated carbocycles. The second-order valence-corrected chi connectivity index (χ2v) is 2.81. The van der Waals surface area contributed by atoms with Crippen LogP contribution in [0.25, 0.3) is 0 Å². The number of fused-ring (bicyclic) bond motifs is 1. The fourth-order valence-electron chi connectivity index (χ4n) is 1.41. The average molecular weight is 183 g/mol. The van der Waals surface area contributed by atoms with Gasteiger partial charge in [0, 0.05) is 13.0 Å². The number of aromatic nitrogens is 1. The fraction of sp³-hybridized carbons (Fsp3) is 0.571. The minimum atomic E-state index is 0.384. The third-order valence-electron chi connectivity index (χ3n) is 2.09. The molecule has 2 rings (SSSR count). The van der Waals surface area contributed by atoms with E-state index in [1.807, 2.05) is 0 Å². The van der Waals surface area contributed by atoms with Crippen molar-refractivity contribution < 1.29 is 9.26 Å². The molecule has 1 aliphatic heterocycles. The minimum absolute atomic E-state index is 0.384. The maximum atomic E-state index is 10.2. The number of nitroso groups, excluding NO2 is 1. The molecule has 0 aliphatic carbocycles. The lowest BCUT2D eigenvalue weighted by atomic mass is 10.1. The van der Waals surface area contributed by atoms with E-state index >= 15 is 0 Å². The first-order valence-corrected chi connectivity index (χ1v) is 3.94. The highest BCUT2D eigenvalue weighted by molar-refractivity contribution is 5.30. The maximum absolute atomic E-state index is 10.2. The number of hydrogen-bond donors (Lipinski definition) is 0. The van der Waals surface area contributed by atoms with Gasteiger partial charge in [0.15, 0.2) is 5.76 Å². The smallest absolute Gasteiger partial charge is 0.257 e. The number of hydrogen-bond acceptors (Lipinski definition) is 5. The third kappa shape index (κ3) is 1.24. The first-order chi connectivity index (χ1) is 6.35. The van der Waals surface area contributed by atoms with Crippen LogP contribution in [0.15, 0.2) is 9.81 Å². The van der Waals surface area contributed by atoms with Crippen molar-refractivity contribution in [2.24, 2.45) is 5.29 Å². The van der Waals surface area contributed by atoms with Gasteiger partial charge in [-0.1, -0.05) is 0 Å². The third-order valence-corrected chi connectivity index (χ3v) is 2.09. The summed E-state index contributed by atoms with van der Waals surface area (Å²) in [6.07, 6.45) is 0.688. The van der Waals surface area contributed by atoms with E-state index in [4.69, 9.17) is 9.26 Å². The molecule has 6 nitrogen and oxygen atoms in total. The van der Waals surface area contributed by atoms with Gasteiger partial charge in [0.1, 0.15) is 6.54 Å². The summed E-state index contributed by atoms with van der Waals surface area (Å²) in [6, 6.07) is 0. The van der Waals surface area contributed by atoms with Gasteiger partial charge in [0.05, 0.1) is 18.0 Å². The minimum Gasteiger partial charge on any atom is -0.479 e. The van der Waals surface area contributed by atoms with Crippen LogP contribution < -0.4 is 4.74 Å². The second kappa shape index (κ2) is 3.04. The number of rotatable bonds is 2. The molecule has 70 valence electrons. The van der Waals surface area contributed by atoms with Crippen LogP contribution in [0.5, 0.6) is 5.88 Å². The van der Waals surface area contributed by atoms with Gasteiger partial charge in [-0.25, -0.2) is 0 Å². The van der Waals surface area contributed by atoms with Crippen LogP contribution in [0, 0.1) is 4.91 Å². The molecule has 6 heteroatoms. The zero-order valence-electron chi connectivity index (χ0n) is 7.19. The van der Waals surface area contributed by atoms with Crippen molar-refractivity contribution in [1.82, 2.24) is 10.2 Å². The molecule has 1 aromatic heterocycles. The van der Waals surface area contributed by atoms with E-state index in [-0.39, 0.29) is 0 Å². The van der Waals surface area contributed by atoms with Crippen LogP contribution in [0.1, 0.15) is 11.3 Å². The summed E-state index contributed by atoms with van der Waals surface area (Å²) < 4.78 is 9.98. The van der Waals surface area contributed by atoms with Crippen molar-refractivity contribution >= 4 is 0 Å². The molecule has 2 heterocycles. The van der Waals surface area contributed by atoms with E-state index in [1.165, 1.54) is 5.01 Å². The summed E-state index contributed by atoms with van der Waals surface area (Å²) in [5.74, 6) is 1.18. The zero-order valence-corrected chi connectivity index (χ0v) is 7.19. The molecule has 1 aromatic rings. The van der Waals surface area contributed by atoms with Gasteiger partial charge in [-0.2, -0.15) is 0 Å². The Kier molecular flexibility index (Phi) is 1.88. The predicted molar refractivity (Wildman–Crippen MR) is 43.0 cm³/mol. The summed E-state index contributed by atoms with van der Waals surface area (Å²) in [4.78, 5) is 10.2. The normalized spacial score (nSPS) is 15.3. The lowest BCUT2D eigenvalue weighted by Crippen LogP contribution is -2.24. The summed E-state index contributed by atoms with van der Waals surface area (Å²) in [5.41, 5.74) is 0.947. The molecule has 0 bridgehead atoms. The largest absolute Gasteiger partial charge is 0.479 e. The molecule has 0 radical (unpaired) electrons. The molecule has 0 atom stereocenters. The van der Waals surface area contributed by atoms with Gasteiger partial charge < -0.3 is 9.26 Å². The highest BCUT2D eigenvalue weighted by atomic mass is 16.5. The Morgan fingerprint density at radius 1 is 1.69 bits per heavy atom. The van der Waals surface area contributed by atoms with Gasteiger partial charge in [-0.15, -0.1) is 4.91 Å². The van der Waals surface area contributed by atoms with E-state index < -0.39 is 0 Å². The van der Waals surface area contributed by atoms with Crippen LogP contribution in [0.4, 0.5) is 0 Å². The Bertz CT molecular complexity index is 323. The molecule has 1 aliphatic rings. The molecule has 0 fully saturated rings. The highest BCUT2D eigenvalue weighted by Gasteiger charge is 2.24. The van der Waals surface area contributed by atoms with Crippen LogP contribution in [0.2, 0.25) is 0 Å². The molecule has 0 saturated heterocycles. The van der Waals surface area contributed by atoms with Crippen molar-refractivity contribution in [2.75, 3.05) is 13.7 Å². The molecule has 0 amide bonds. The van der Waals surface area contributed by atoms with Crippen molar-refractivity contribution in [1.29, 1.82) is 0 Å². The Balaban J connectivity index is 2.27. The van der Waals surface area contributed by atoms with Crippen LogP contribution in [0.3, 0.4) is 0 Å². The van der Waals surface area contributed by atoms with Crippen LogP contribution >= 0.6 is 0 Å². The van der Waals surface area contributed by atoms with Crippen molar-refractivity contribution in [3.8, 4) is 5.88 Å². The Hall–Kier alpha value is -1.59. The summed E-state index contributed by atoms with van der Waals surface area (Å²) in [7, 11) is 1.54. The van der Waals surface area contributed by atoms with E-state index in [0.717, 1.165) is 5.56 Å². The van der Waals surface area contributed by atoms with Gasteiger partial charge in [0.25, 0.3) is 5.88 Å². The summed E-state index contributed by atoms with van der Waals surface area (Å²) in [5, 5.41) is 7.95. The second-order valence-electron chi connectivity index (χ2n) is 2.81. The lowest BCUT2D eigenvalue weighted by molar-refractivity contribution is 0.222. The molecule has 0 N–H and O–H groups in total. The molecule has 0 unspecified atom stereocenters. The number of ether oxygens (including phenoxy) is 1. The van der Waals surface area contributed by atoms with Crippen molar-refractivity contribution in [3.63, 3.8) is 0 Å². The van der Waals surface area contributed by atoms with Gasteiger partial charge >= 0.3 is 0 Å². The van der Waals surface area contributed by atoms with E-state index in [2.05, 4.69) is 10.4 Å². The Morgan fingerprint density at radius 2 is 2.54 bits per heavy atom. The fourth-order valence-corrected chi connectivity index (χ4v) is 1.41. The molecular weight excluding hydrogens is 174 g/mol.